The van der Waals surface area contributed by atoms with Crippen LogP contribution in [0.25, 0.3) is 0 Å². The largest absolute Gasteiger partial charge is 0.496 e. The van der Waals surface area contributed by atoms with Crippen molar-refractivity contribution in [1.29, 1.82) is 0 Å². The molecule has 8 nitrogen and oxygen atoms in total. The zero-order valence-electron chi connectivity index (χ0n) is 18.5. The van der Waals surface area contributed by atoms with Crippen molar-refractivity contribution in [2.45, 2.75) is 30.6 Å². The van der Waals surface area contributed by atoms with Crippen LogP contribution in [0.4, 0.5) is 10.7 Å². The van der Waals surface area contributed by atoms with Crippen molar-refractivity contribution in [2.75, 3.05) is 23.3 Å². The van der Waals surface area contributed by atoms with E-state index in [1.807, 2.05) is 12.1 Å². The normalized spacial score (nSPS) is 14.6. The number of rotatable bonds is 6. The Morgan fingerprint density at radius 3 is 2.68 bits per heavy atom. The Balaban J connectivity index is 1.50. The molecule has 2 amide bonds. The summed E-state index contributed by atoms with van der Waals surface area (Å²) in [5, 5.41) is 3.15. The number of nitrogens with one attached hydrogen (secondary N) is 1. The minimum absolute atomic E-state index is 0.0149. The number of hydrogen-bond acceptors (Lipinski definition) is 6. The summed E-state index contributed by atoms with van der Waals surface area (Å²) in [4.78, 5) is 26.4. The molecule has 5 rings (SSSR count). The number of thiophene rings is 1. The van der Waals surface area contributed by atoms with E-state index in [4.69, 9.17) is 10.5 Å². The maximum atomic E-state index is 13.5. The molecule has 0 spiro atoms. The SMILES string of the molecule is COc1ccc(S(=O)(=O)N2CCc3ccccc32)cc1C(=O)Nc1sc2c(c1C(N)=O)CCC2. The fourth-order valence-electron chi connectivity index (χ4n) is 4.63. The van der Waals surface area contributed by atoms with Gasteiger partial charge in [0.2, 0.25) is 0 Å². The highest BCUT2D eigenvalue weighted by Gasteiger charge is 2.32. The first-order chi connectivity index (χ1) is 16.3. The molecule has 2 heterocycles. The van der Waals surface area contributed by atoms with Crippen LogP contribution in [0.5, 0.6) is 5.75 Å². The highest BCUT2D eigenvalue weighted by atomic mass is 32.2. The molecule has 10 heteroatoms. The Hall–Kier alpha value is -3.37. The number of carbonyl (C=O) groups is 2. The lowest BCUT2D eigenvalue weighted by atomic mass is 10.1. The molecule has 34 heavy (non-hydrogen) atoms. The Bertz CT molecular complexity index is 1430. The number of carbonyl (C=O) groups excluding carboxylic acids is 2. The van der Waals surface area contributed by atoms with Crippen molar-refractivity contribution in [3.05, 3.63) is 69.6 Å². The molecule has 0 saturated heterocycles. The van der Waals surface area contributed by atoms with Crippen molar-refractivity contribution >= 4 is 43.9 Å². The number of fused-ring (bicyclic) bond motifs is 2. The molecular formula is C24H23N3O5S2. The topological polar surface area (TPSA) is 119 Å². The van der Waals surface area contributed by atoms with E-state index in [9.17, 15) is 18.0 Å². The average Bonchev–Trinajstić information content (AvgIpc) is 3.52. The molecule has 176 valence electrons. The molecule has 0 radical (unpaired) electrons. The fraction of sp³-hybridized carbons (Fsp3) is 0.250. The van der Waals surface area contributed by atoms with E-state index in [0.717, 1.165) is 35.3 Å². The highest BCUT2D eigenvalue weighted by molar-refractivity contribution is 7.92. The summed E-state index contributed by atoms with van der Waals surface area (Å²) in [6, 6.07) is 11.6. The molecule has 2 aromatic carbocycles. The minimum atomic E-state index is -3.90. The Labute approximate surface area is 201 Å². The van der Waals surface area contributed by atoms with Crippen LogP contribution in [0.15, 0.2) is 47.4 Å². The van der Waals surface area contributed by atoms with Crippen LogP contribution in [0.2, 0.25) is 0 Å². The zero-order valence-corrected chi connectivity index (χ0v) is 20.1. The molecule has 0 bridgehead atoms. The van der Waals surface area contributed by atoms with Crippen LogP contribution in [-0.2, 0) is 29.3 Å². The van der Waals surface area contributed by atoms with Gasteiger partial charge in [0.1, 0.15) is 10.8 Å². The standard InChI is InChI=1S/C24H23N3O5S2/c1-32-19-10-9-15(34(30,31)27-12-11-14-5-2-3-7-18(14)27)13-17(19)23(29)26-24-21(22(25)28)16-6-4-8-20(16)33-24/h2-3,5,7,9-10,13H,4,6,8,11-12H2,1H3,(H2,25,28)(H,26,29). The summed E-state index contributed by atoms with van der Waals surface area (Å²) in [5.74, 6) is -0.938. The van der Waals surface area contributed by atoms with E-state index in [-0.39, 0.29) is 16.2 Å². The molecule has 1 aromatic heterocycles. The average molecular weight is 498 g/mol. The number of primary amides is 1. The first kappa shape index (κ1) is 22.4. The van der Waals surface area contributed by atoms with Crippen molar-refractivity contribution in [3.8, 4) is 5.75 Å². The molecular weight excluding hydrogens is 474 g/mol. The monoisotopic (exact) mass is 497 g/mol. The van der Waals surface area contributed by atoms with Crippen LogP contribution >= 0.6 is 11.3 Å². The number of nitrogens with two attached hydrogens (primary N) is 1. The summed E-state index contributed by atoms with van der Waals surface area (Å²) in [5.41, 5.74) is 8.49. The van der Waals surface area contributed by atoms with Gasteiger partial charge in [0.15, 0.2) is 0 Å². The molecule has 0 saturated carbocycles. The van der Waals surface area contributed by atoms with Gasteiger partial charge in [-0.15, -0.1) is 11.3 Å². The van der Waals surface area contributed by atoms with E-state index in [0.29, 0.717) is 29.2 Å². The van der Waals surface area contributed by atoms with Gasteiger partial charge >= 0.3 is 0 Å². The first-order valence-electron chi connectivity index (χ1n) is 10.9. The number of anilines is 2. The Morgan fingerprint density at radius 1 is 1.12 bits per heavy atom. The minimum Gasteiger partial charge on any atom is -0.496 e. The Kier molecular flexibility index (Phi) is 5.57. The second kappa shape index (κ2) is 8.44. The number of ether oxygens (including phenoxy) is 1. The van der Waals surface area contributed by atoms with E-state index in [2.05, 4.69) is 5.32 Å². The number of aryl methyl sites for hydroxylation is 1. The zero-order chi connectivity index (χ0) is 24.0. The van der Waals surface area contributed by atoms with Gasteiger partial charge < -0.3 is 15.8 Å². The highest BCUT2D eigenvalue weighted by Crippen LogP contribution is 2.39. The third kappa shape index (κ3) is 3.63. The molecule has 3 aromatic rings. The van der Waals surface area contributed by atoms with E-state index >= 15 is 0 Å². The van der Waals surface area contributed by atoms with Gasteiger partial charge in [0, 0.05) is 11.4 Å². The summed E-state index contributed by atoms with van der Waals surface area (Å²) in [6.07, 6.45) is 3.15. The van der Waals surface area contributed by atoms with Crippen LogP contribution in [0.1, 0.15) is 43.1 Å². The van der Waals surface area contributed by atoms with Crippen molar-refractivity contribution in [1.82, 2.24) is 0 Å². The van der Waals surface area contributed by atoms with E-state index < -0.39 is 21.8 Å². The number of amides is 2. The summed E-state index contributed by atoms with van der Waals surface area (Å²) in [7, 11) is -2.49. The van der Waals surface area contributed by atoms with Gasteiger partial charge in [-0.1, -0.05) is 18.2 Å². The van der Waals surface area contributed by atoms with Gasteiger partial charge in [-0.3, -0.25) is 13.9 Å². The third-order valence-electron chi connectivity index (χ3n) is 6.24. The lowest BCUT2D eigenvalue weighted by Crippen LogP contribution is -2.29. The number of para-hydroxylation sites is 1. The molecule has 1 aliphatic carbocycles. The molecule has 3 N–H and O–H groups in total. The van der Waals surface area contributed by atoms with Gasteiger partial charge in [-0.25, -0.2) is 8.42 Å². The lowest BCUT2D eigenvalue weighted by Gasteiger charge is -2.20. The second-order valence-corrected chi connectivity index (χ2v) is 11.2. The molecule has 0 unspecified atom stereocenters. The summed E-state index contributed by atoms with van der Waals surface area (Å²) < 4.78 is 33.6. The van der Waals surface area contributed by atoms with Crippen LogP contribution in [0, 0.1) is 0 Å². The van der Waals surface area contributed by atoms with E-state index in [1.165, 1.54) is 41.0 Å². The predicted molar refractivity (Wildman–Crippen MR) is 130 cm³/mol. The number of sulfonamides is 1. The smallest absolute Gasteiger partial charge is 0.264 e. The molecule has 1 aliphatic heterocycles. The van der Waals surface area contributed by atoms with Gasteiger partial charge in [0.25, 0.3) is 21.8 Å². The van der Waals surface area contributed by atoms with Gasteiger partial charge in [-0.2, -0.15) is 0 Å². The summed E-state index contributed by atoms with van der Waals surface area (Å²) in [6.45, 7) is 0.331. The van der Waals surface area contributed by atoms with E-state index in [1.54, 1.807) is 12.1 Å². The molecule has 0 fully saturated rings. The van der Waals surface area contributed by atoms with Crippen molar-refractivity contribution in [3.63, 3.8) is 0 Å². The van der Waals surface area contributed by atoms with Crippen LogP contribution < -0.4 is 20.1 Å². The maximum Gasteiger partial charge on any atom is 0.264 e. The maximum absolute atomic E-state index is 13.5. The lowest BCUT2D eigenvalue weighted by molar-refractivity contribution is 0.100. The van der Waals surface area contributed by atoms with Crippen molar-refractivity contribution in [2.24, 2.45) is 5.73 Å². The second-order valence-electron chi connectivity index (χ2n) is 8.20. The molecule has 0 atom stereocenters. The number of hydrogen-bond donors (Lipinski definition) is 2. The fourth-order valence-corrected chi connectivity index (χ4v) is 7.45. The quantitative estimate of drug-likeness (QED) is 0.541. The van der Waals surface area contributed by atoms with Gasteiger partial charge in [-0.05, 0) is 61.1 Å². The number of methoxy groups -OCH3 is 1. The number of benzene rings is 2. The first-order valence-corrected chi connectivity index (χ1v) is 13.1. The Morgan fingerprint density at radius 2 is 1.91 bits per heavy atom. The number of nitrogens with zero attached hydrogens (tertiary/aromatic N) is 1. The van der Waals surface area contributed by atoms with Crippen molar-refractivity contribution < 1.29 is 22.7 Å². The summed E-state index contributed by atoms with van der Waals surface area (Å²) >= 11 is 1.34. The molecule has 2 aliphatic rings. The predicted octanol–water partition coefficient (Wildman–Crippen LogP) is 3.35. The van der Waals surface area contributed by atoms with Gasteiger partial charge in [0.05, 0.1) is 28.8 Å². The van der Waals surface area contributed by atoms with Crippen LogP contribution in [-0.4, -0.2) is 33.9 Å². The van der Waals surface area contributed by atoms with Crippen LogP contribution in [0.3, 0.4) is 0 Å². The third-order valence-corrected chi connectivity index (χ3v) is 9.26.